The molecule has 6 rings (SSSR count). The number of fused-ring (bicyclic) bond motifs is 4. The molecule has 3 N–H and O–H groups in total. The average molecular weight is 416 g/mol. The Balaban J connectivity index is 1.55. The summed E-state index contributed by atoms with van der Waals surface area (Å²) in [6.07, 6.45) is 5.90. The molecule has 1 unspecified atom stereocenters. The first-order chi connectivity index (χ1) is 14.4. The van der Waals surface area contributed by atoms with Gasteiger partial charge in [-0.05, 0) is 43.6 Å². The van der Waals surface area contributed by atoms with E-state index in [0.717, 1.165) is 31.9 Å². The van der Waals surface area contributed by atoms with E-state index in [2.05, 4.69) is 20.3 Å². The SMILES string of the molecule is O=C(O)[C@@H]1C2CCC(CC2)C1Nc1nc(-c2c[nH]c3ncc(F)cc23)c(F)cc1F. The summed E-state index contributed by atoms with van der Waals surface area (Å²) in [6.45, 7) is 0. The molecule has 0 spiro atoms. The Bertz CT molecular complexity index is 1140. The van der Waals surface area contributed by atoms with Crippen LogP contribution in [0.5, 0.6) is 0 Å². The minimum absolute atomic E-state index is 0.0376. The zero-order valence-corrected chi connectivity index (χ0v) is 15.8. The Hall–Kier alpha value is -3.10. The number of aromatic amines is 1. The highest BCUT2D eigenvalue weighted by Gasteiger charge is 2.47. The Morgan fingerprint density at radius 2 is 1.83 bits per heavy atom. The van der Waals surface area contributed by atoms with E-state index < -0.39 is 35.4 Å². The van der Waals surface area contributed by atoms with Gasteiger partial charge in [-0.15, -0.1) is 0 Å². The molecule has 9 heteroatoms. The van der Waals surface area contributed by atoms with Crippen LogP contribution >= 0.6 is 0 Å². The molecule has 0 aromatic carbocycles. The van der Waals surface area contributed by atoms with Crippen LogP contribution in [-0.2, 0) is 4.79 Å². The lowest BCUT2D eigenvalue weighted by atomic mass is 9.61. The maximum atomic E-state index is 14.6. The Kier molecular flexibility index (Phi) is 4.41. The number of anilines is 1. The number of carbonyl (C=O) groups is 1. The van der Waals surface area contributed by atoms with Gasteiger partial charge in [-0.2, -0.15) is 0 Å². The number of carboxylic acids is 1. The highest BCUT2D eigenvalue weighted by molar-refractivity contribution is 5.92. The summed E-state index contributed by atoms with van der Waals surface area (Å²) >= 11 is 0. The zero-order valence-electron chi connectivity index (χ0n) is 15.8. The normalized spacial score (nSPS) is 25.6. The van der Waals surface area contributed by atoms with Gasteiger partial charge in [-0.3, -0.25) is 4.79 Å². The van der Waals surface area contributed by atoms with Crippen molar-refractivity contribution in [2.45, 2.75) is 31.7 Å². The Morgan fingerprint density at radius 3 is 2.57 bits per heavy atom. The van der Waals surface area contributed by atoms with Crippen LogP contribution in [0, 0.1) is 35.2 Å². The molecule has 3 heterocycles. The topological polar surface area (TPSA) is 90.9 Å². The van der Waals surface area contributed by atoms with Gasteiger partial charge in [0, 0.05) is 29.3 Å². The second-order valence-corrected chi connectivity index (χ2v) is 8.11. The number of rotatable bonds is 4. The third kappa shape index (κ3) is 3.00. The maximum absolute atomic E-state index is 14.6. The Morgan fingerprint density at radius 1 is 1.10 bits per heavy atom. The van der Waals surface area contributed by atoms with E-state index in [1.807, 2.05) is 0 Å². The molecule has 2 bridgehead atoms. The molecule has 3 aromatic heterocycles. The number of pyridine rings is 2. The fourth-order valence-corrected chi connectivity index (χ4v) is 5.10. The van der Waals surface area contributed by atoms with Gasteiger partial charge in [0.1, 0.15) is 17.2 Å². The fraction of sp³-hybridized carbons (Fsp3) is 0.381. The number of nitrogens with zero attached hydrogens (tertiary/aromatic N) is 2. The summed E-state index contributed by atoms with van der Waals surface area (Å²) in [7, 11) is 0. The van der Waals surface area contributed by atoms with Gasteiger partial charge in [0.25, 0.3) is 0 Å². The number of halogens is 3. The van der Waals surface area contributed by atoms with Gasteiger partial charge in [-0.1, -0.05) is 0 Å². The van der Waals surface area contributed by atoms with Crippen LogP contribution in [-0.4, -0.2) is 32.1 Å². The molecular weight excluding hydrogens is 397 g/mol. The monoisotopic (exact) mass is 416 g/mol. The molecule has 0 aliphatic heterocycles. The molecular formula is C21H19F3N4O2. The molecule has 30 heavy (non-hydrogen) atoms. The van der Waals surface area contributed by atoms with Crippen LogP contribution in [0.1, 0.15) is 25.7 Å². The van der Waals surface area contributed by atoms with Gasteiger partial charge in [-0.25, -0.2) is 23.1 Å². The molecule has 2 atom stereocenters. The molecule has 3 aliphatic rings. The predicted molar refractivity (Wildman–Crippen MR) is 103 cm³/mol. The van der Waals surface area contributed by atoms with E-state index in [1.165, 1.54) is 12.3 Å². The number of aromatic nitrogens is 3. The highest BCUT2D eigenvalue weighted by atomic mass is 19.1. The van der Waals surface area contributed by atoms with Crippen molar-refractivity contribution < 1.29 is 23.1 Å². The van der Waals surface area contributed by atoms with Crippen LogP contribution in [0.15, 0.2) is 24.5 Å². The van der Waals surface area contributed by atoms with Gasteiger partial charge in [0.05, 0.1) is 12.1 Å². The molecule has 3 fully saturated rings. The quantitative estimate of drug-likeness (QED) is 0.589. The number of nitrogens with one attached hydrogen (secondary N) is 2. The second-order valence-electron chi connectivity index (χ2n) is 8.11. The van der Waals surface area contributed by atoms with Crippen molar-refractivity contribution in [1.82, 2.24) is 15.0 Å². The van der Waals surface area contributed by atoms with E-state index in [0.29, 0.717) is 17.1 Å². The van der Waals surface area contributed by atoms with Crippen LogP contribution < -0.4 is 5.32 Å². The Labute approximate surface area is 169 Å². The lowest BCUT2D eigenvalue weighted by Crippen LogP contribution is -2.51. The van der Waals surface area contributed by atoms with E-state index in [9.17, 15) is 23.1 Å². The van der Waals surface area contributed by atoms with Crippen molar-refractivity contribution in [3.63, 3.8) is 0 Å². The summed E-state index contributed by atoms with van der Waals surface area (Å²) in [4.78, 5) is 22.7. The van der Waals surface area contributed by atoms with Gasteiger partial charge < -0.3 is 15.4 Å². The fourth-order valence-electron chi connectivity index (χ4n) is 5.10. The summed E-state index contributed by atoms with van der Waals surface area (Å²) in [5, 5.41) is 13.0. The van der Waals surface area contributed by atoms with Crippen molar-refractivity contribution in [3.05, 3.63) is 42.0 Å². The molecule has 3 aromatic rings. The van der Waals surface area contributed by atoms with Gasteiger partial charge >= 0.3 is 5.97 Å². The van der Waals surface area contributed by atoms with Crippen LogP contribution in [0.2, 0.25) is 0 Å². The zero-order chi connectivity index (χ0) is 21.0. The lowest BCUT2D eigenvalue weighted by molar-refractivity contribution is -0.148. The lowest BCUT2D eigenvalue weighted by Gasteiger charge is -2.47. The van der Waals surface area contributed by atoms with Gasteiger partial charge in [0.15, 0.2) is 17.5 Å². The molecule has 0 amide bonds. The van der Waals surface area contributed by atoms with Crippen LogP contribution in [0.25, 0.3) is 22.3 Å². The summed E-state index contributed by atoms with van der Waals surface area (Å²) in [6, 6.07) is 1.44. The first kappa shape index (κ1) is 18.9. The van der Waals surface area contributed by atoms with Crippen molar-refractivity contribution in [1.29, 1.82) is 0 Å². The largest absolute Gasteiger partial charge is 0.481 e. The van der Waals surface area contributed by atoms with E-state index >= 15 is 0 Å². The first-order valence-electron chi connectivity index (χ1n) is 9.90. The first-order valence-corrected chi connectivity index (χ1v) is 9.90. The predicted octanol–water partition coefficient (Wildman–Crippen LogP) is 4.34. The molecule has 6 nitrogen and oxygen atoms in total. The molecule has 156 valence electrons. The smallest absolute Gasteiger partial charge is 0.308 e. The number of hydrogen-bond donors (Lipinski definition) is 3. The third-order valence-corrected chi connectivity index (χ3v) is 6.49. The van der Waals surface area contributed by atoms with Crippen molar-refractivity contribution in [3.8, 4) is 11.3 Å². The standard InChI is InChI=1S/C21H19F3N4O2/c22-11-5-12-13(8-26-19(12)25-7-11)18-14(23)6-15(24)20(28-18)27-17-10-3-1-9(2-4-10)16(17)21(29)30/h5-10,16-17H,1-4H2,(H,25,26)(H,27,28)(H,29,30)/t9?,10?,16-,17?/m1/s1. The number of H-pyrrole nitrogens is 1. The summed E-state index contributed by atoms with van der Waals surface area (Å²) in [5.74, 6) is -4.01. The second kappa shape index (κ2) is 7.00. The van der Waals surface area contributed by atoms with E-state index in [4.69, 9.17) is 0 Å². The number of carboxylic acid groups (broad SMARTS) is 1. The van der Waals surface area contributed by atoms with E-state index in [-0.39, 0.29) is 28.9 Å². The van der Waals surface area contributed by atoms with Crippen LogP contribution in [0.3, 0.4) is 0 Å². The summed E-state index contributed by atoms with van der Waals surface area (Å²) < 4.78 is 42.8. The molecule has 3 aliphatic carbocycles. The molecule has 0 radical (unpaired) electrons. The van der Waals surface area contributed by atoms with Crippen molar-refractivity contribution >= 4 is 22.8 Å². The minimum atomic E-state index is -0.914. The van der Waals surface area contributed by atoms with E-state index in [1.54, 1.807) is 0 Å². The average Bonchev–Trinajstić information content (AvgIpc) is 3.13. The summed E-state index contributed by atoms with van der Waals surface area (Å²) in [5.41, 5.74) is 0.435. The van der Waals surface area contributed by atoms with Crippen LogP contribution in [0.4, 0.5) is 19.0 Å². The molecule has 0 saturated heterocycles. The van der Waals surface area contributed by atoms with Gasteiger partial charge in [0.2, 0.25) is 0 Å². The third-order valence-electron chi connectivity index (χ3n) is 6.49. The number of hydrogen-bond acceptors (Lipinski definition) is 4. The highest BCUT2D eigenvalue weighted by Crippen LogP contribution is 2.46. The van der Waals surface area contributed by atoms with Crippen molar-refractivity contribution in [2.75, 3.05) is 5.32 Å². The molecule has 3 saturated carbocycles. The maximum Gasteiger partial charge on any atom is 0.308 e. The minimum Gasteiger partial charge on any atom is -0.481 e. The number of aliphatic carboxylic acids is 1. The van der Waals surface area contributed by atoms with Crippen molar-refractivity contribution in [2.24, 2.45) is 17.8 Å².